The number of carbonyl (C=O) groups excluding carboxylic acids is 2. The quantitative estimate of drug-likeness (QED) is 0.631. The number of carboxylic acid groups (broad SMARTS) is 1. The Hall–Kier alpha value is -4.19. The topological polar surface area (TPSA) is 86.7 Å². The van der Waals surface area contributed by atoms with Gasteiger partial charge in [0.05, 0.1) is 17.3 Å². The van der Waals surface area contributed by atoms with Crippen molar-refractivity contribution >= 4 is 23.5 Å². The highest BCUT2D eigenvalue weighted by Gasteiger charge is 2.41. The van der Waals surface area contributed by atoms with Gasteiger partial charge in [0, 0.05) is 5.56 Å². The van der Waals surface area contributed by atoms with Gasteiger partial charge in [0.1, 0.15) is 5.70 Å². The molecule has 0 bridgehead atoms. The highest BCUT2D eigenvalue weighted by atomic mass is 16.4. The van der Waals surface area contributed by atoms with Crippen molar-refractivity contribution in [2.45, 2.75) is 6.04 Å². The molecule has 0 aromatic heterocycles. The number of Topliss-reactive ketones (excluding diaryl/α,β-unsaturated/α-hetero) is 1. The number of hydrogen-bond donors (Lipinski definition) is 2. The van der Waals surface area contributed by atoms with Crippen LogP contribution >= 0.6 is 0 Å². The van der Waals surface area contributed by atoms with Gasteiger partial charge in [0.2, 0.25) is 0 Å². The summed E-state index contributed by atoms with van der Waals surface area (Å²) in [7, 11) is 0. The smallest absolute Gasteiger partial charge is 0.353 e. The zero-order chi connectivity index (χ0) is 21.1. The van der Waals surface area contributed by atoms with Gasteiger partial charge in [-0.25, -0.2) is 9.59 Å². The van der Waals surface area contributed by atoms with E-state index in [1.165, 1.54) is 0 Å². The van der Waals surface area contributed by atoms with E-state index in [1.807, 2.05) is 6.07 Å². The molecule has 0 aliphatic carbocycles. The minimum Gasteiger partial charge on any atom is -0.477 e. The molecule has 6 heteroatoms. The van der Waals surface area contributed by atoms with Crippen molar-refractivity contribution in [3.05, 3.63) is 113 Å². The first-order valence-electron chi connectivity index (χ1n) is 9.35. The lowest BCUT2D eigenvalue weighted by Crippen LogP contribution is -2.50. The van der Waals surface area contributed by atoms with E-state index in [4.69, 9.17) is 0 Å². The number of nitrogens with one attached hydrogen (secondary N) is 1. The second-order valence-corrected chi connectivity index (χ2v) is 6.73. The van der Waals surface area contributed by atoms with E-state index in [0.717, 1.165) is 4.90 Å². The standard InChI is InChI=1S/C24H18N2O4/c27-22(17-12-6-2-7-13-17)19-20(16-10-4-1-5-11-16)25-24(30)26(21(19)23(28)29)18-14-8-3-9-15-18/h1-15,20H,(H,25,30)(H,28,29). The Labute approximate surface area is 173 Å². The molecule has 1 unspecified atom stereocenters. The zero-order valence-corrected chi connectivity index (χ0v) is 15.9. The van der Waals surface area contributed by atoms with Gasteiger partial charge in [0.25, 0.3) is 0 Å². The summed E-state index contributed by atoms with van der Waals surface area (Å²) in [5.74, 6) is -1.81. The molecule has 1 atom stereocenters. The molecule has 3 aromatic carbocycles. The van der Waals surface area contributed by atoms with Gasteiger partial charge in [-0.05, 0) is 17.7 Å². The maximum absolute atomic E-state index is 13.5. The van der Waals surface area contributed by atoms with Gasteiger partial charge in [0.15, 0.2) is 5.78 Å². The third kappa shape index (κ3) is 3.46. The van der Waals surface area contributed by atoms with Crippen LogP contribution in [-0.2, 0) is 4.79 Å². The molecular weight excluding hydrogens is 380 g/mol. The molecule has 6 nitrogen and oxygen atoms in total. The molecule has 148 valence electrons. The molecule has 1 heterocycles. The number of ketones is 1. The van der Waals surface area contributed by atoms with Crippen molar-refractivity contribution in [2.75, 3.05) is 4.90 Å². The number of hydrogen-bond acceptors (Lipinski definition) is 3. The Morgan fingerprint density at radius 2 is 1.33 bits per heavy atom. The van der Waals surface area contributed by atoms with Gasteiger partial charge in [-0.1, -0.05) is 78.9 Å². The Kier molecular flexibility index (Phi) is 5.13. The van der Waals surface area contributed by atoms with Crippen LogP contribution < -0.4 is 10.2 Å². The van der Waals surface area contributed by atoms with Crippen LogP contribution in [0.25, 0.3) is 0 Å². The number of para-hydroxylation sites is 1. The summed E-state index contributed by atoms with van der Waals surface area (Å²) in [6, 6.07) is 24.2. The van der Waals surface area contributed by atoms with Gasteiger partial charge in [-0.3, -0.25) is 9.69 Å². The molecule has 0 fully saturated rings. The van der Waals surface area contributed by atoms with Crippen LogP contribution in [-0.4, -0.2) is 22.9 Å². The molecule has 2 amide bonds. The van der Waals surface area contributed by atoms with E-state index in [2.05, 4.69) is 5.32 Å². The largest absolute Gasteiger partial charge is 0.477 e. The first kappa shape index (κ1) is 19.1. The molecule has 4 rings (SSSR count). The number of benzene rings is 3. The molecule has 0 spiro atoms. The van der Waals surface area contributed by atoms with Gasteiger partial charge in [-0.2, -0.15) is 0 Å². The molecule has 2 N–H and O–H groups in total. The molecular formula is C24H18N2O4. The lowest BCUT2D eigenvalue weighted by Gasteiger charge is -2.35. The lowest BCUT2D eigenvalue weighted by atomic mass is 9.88. The van der Waals surface area contributed by atoms with Crippen molar-refractivity contribution in [1.82, 2.24) is 5.32 Å². The van der Waals surface area contributed by atoms with Crippen molar-refractivity contribution in [1.29, 1.82) is 0 Å². The van der Waals surface area contributed by atoms with Gasteiger partial charge < -0.3 is 10.4 Å². The fourth-order valence-electron chi connectivity index (χ4n) is 3.53. The number of carbonyl (C=O) groups is 3. The normalized spacial score (nSPS) is 16.2. The molecule has 0 radical (unpaired) electrons. The Morgan fingerprint density at radius 3 is 1.90 bits per heavy atom. The van der Waals surface area contributed by atoms with E-state index >= 15 is 0 Å². The van der Waals surface area contributed by atoms with Crippen LogP contribution in [0.3, 0.4) is 0 Å². The van der Waals surface area contributed by atoms with Crippen LogP contribution in [0.15, 0.2) is 102 Å². The number of urea groups is 1. The summed E-state index contributed by atoms with van der Waals surface area (Å²) in [6.07, 6.45) is 0. The second-order valence-electron chi connectivity index (χ2n) is 6.73. The average Bonchev–Trinajstić information content (AvgIpc) is 2.79. The molecule has 30 heavy (non-hydrogen) atoms. The predicted molar refractivity (Wildman–Crippen MR) is 112 cm³/mol. The summed E-state index contributed by atoms with van der Waals surface area (Å²) in [6.45, 7) is 0. The Balaban J connectivity index is 1.98. The summed E-state index contributed by atoms with van der Waals surface area (Å²) in [5.41, 5.74) is 0.973. The summed E-state index contributed by atoms with van der Waals surface area (Å²) in [4.78, 5) is 39.9. The fourth-order valence-corrected chi connectivity index (χ4v) is 3.53. The third-order valence-electron chi connectivity index (χ3n) is 4.87. The molecule has 0 saturated carbocycles. The van der Waals surface area contributed by atoms with Crippen LogP contribution in [0.2, 0.25) is 0 Å². The number of amides is 2. The highest BCUT2D eigenvalue weighted by molar-refractivity contribution is 6.19. The Morgan fingerprint density at radius 1 is 0.800 bits per heavy atom. The van der Waals surface area contributed by atoms with E-state index in [1.54, 1.807) is 84.9 Å². The predicted octanol–water partition coefficient (Wildman–Crippen LogP) is 4.18. The molecule has 0 saturated heterocycles. The number of carboxylic acids is 1. The maximum Gasteiger partial charge on any atom is 0.353 e. The average molecular weight is 398 g/mol. The van der Waals surface area contributed by atoms with Crippen LogP contribution in [0.1, 0.15) is 22.0 Å². The minimum atomic E-state index is -1.35. The SMILES string of the molecule is O=C(O)C1=C(C(=O)c2ccccc2)C(c2ccccc2)NC(=O)N1c1ccccc1. The van der Waals surface area contributed by atoms with Crippen molar-refractivity contribution in [3.8, 4) is 0 Å². The highest BCUT2D eigenvalue weighted by Crippen LogP contribution is 2.35. The summed E-state index contributed by atoms with van der Waals surface area (Å²) in [5, 5.41) is 12.9. The first-order chi connectivity index (χ1) is 14.6. The van der Waals surface area contributed by atoms with Crippen LogP contribution in [0, 0.1) is 0 Å². The molecule has 3 aromatic rings. The van der Waals surface area contributed by atoms with Crippen LogP contribution in [0.4, 0.5) is 10.5 Å². The van der Waals surface area contributed by atoms with Crippen molar-refractivity contribution < 1.29 is 19.5 Å². The first-order valence-corrected chi connectivity index (χ1v) is 9.35. The number of aliphatic carboxylic acids is 1. The lowest BCUT2D eigenvalue weighted by molar-refractivity contribution is -0.132. The minimum absolute atomic E-state index is 0.00310. The van der Waals surface area contributed by atoms with E-state index in [9.17, 15) is 19.5 Å². The number of nitrogens with zero attached hydrogens (tertiary/aromatic N) is 1. The van der Waals surface area contributed by atoms with Gasteiger partial charge in [-0.15, -0.1) is 0 Å². The van der Waals surface area contributed by atoms with Gasteiger partial charge >= 0.3 is 12.0 Å². The Bertz CT molecular complexity index is 1130. The maximum atomic E-state index is 13.5. The molecule has 1 aliphatic rings. The monoisotopic (exact) mass is 398 g/mol. The van der Waals surface area contributed by atoms with E-state index in [0.29, 0.717) is 16.8 Å². The zero-order valence-electron chi connectivity index (χ0n) is 15.9. The summed E-state index contributed by atoms with van der Waals surface area (Å²) >= 11 is 0. The van der Waals surface area contributed by atoms with E-state index in [-0.39, 0.29) is 11.3 Å². The van der Waals surface area contributed by atoms with E-state index < -0.39 is 23.8 Å². The summed E-state index contributed by atoms with van der Waals surface area (Å²) < 4.78 is 0. The van der Waals surface area contributed by atoms with Crippen molar-refractivity contribution in [3.63, 3.8) is 0 Å². The number of anilines is 1. The third-order valence-corrected chi connectivity index (χ3v) is 4.87. The van der Waals surface area contributed by atoms with Crippen molar-refractivity contribution in [2.24, 2.45) is 0 Å². The number of rotatable bonds is 5. The fraction of sp³-hybridized carbons (Fsp3) is 0.0417. The second kappa shape index (κ2) is 8.05. The molecule has 1 aliphatic heterocycles. The van der Waals surface area contributed by atoms with Crippen LogP contribution in [0.5, 0.6) is 0 Å².